The maximum Gasteiger partial charge on any atom is 0.355 e. The number of carbonyl (C=O) groups excluding carboxylic acids is 1. The molecule has 1 heterocycles. The summed E-state index contributed by atoms with van der Waals surface area (Å²) in [7, 11) is 0. The van der Waals surface area contributed by atoms with Gasteiger partial charge in [0.15, 0.2) is 5.69 Å². The summed E-state index contributed by atoms with van der Waals surface area (Å²) in [4.78, 5) is 26.4. The first-order chi connectivity index (χ1) is 8.81. The van der Waals surface area contributed by atoms with Gasteiger partial charge in [0.2, 0.25) is 5.91 Å². The van der Waals surface area contributed by atoms with Crippen LogP contribution in [0.1, 0.15) is 48.7 Å². The molecule has 1 amide bonds. The lowest BCUT2D eigenvalue weighted by atomic mass is 10.0. The van der Waals surface area contributed by atoms with E-state index in [0.717, 1.165) is 0 Å². The fourth-order valence-electron chi connectivity index (χ4n) is 1.40. The van der Waals surface area contributed by atoms with Crippen molar-refractivity contribution in [3.8, 4) is 0 Å². The van der Waals surface area contributed by atoms with E-state index >= 15 is 0 Å². The first-order valence-electron chi connectivity index (χ1n) is 6.05. The Balaban J connectivity index is 2.56. The maximum atomic E-state index is 11.8. The van der Waals surface area contributed by atoms with E-state index in [2.05, 4.69) is 10.3 Å². The largest absolute Gasteiger partial charge is 0.476 e. The number of aromatic nitrogens is 1. The Hall–Kier alpha value is -1.47. The van der Waals surface area contributed by atoms with Crippen LogP contribution in [0.3, 0.4) is 0 Å². The molecule has 19 heavy (non-hydrogen) atoms. The van der Waals surface area contributed by atoms with Crippen LogP contribution >= 0.6 is 11.3 Å². The molecule has 6 nitrogen and oxygen atoms in total. The molecule has 0 saturated heterocycles. The lowest BCUT2D eigenvalue weighted by Gasteiger charge is -2.17. The van der Waals surface area contributed by atoms with E-state index in [1.165, 1.54) is 16.7 Å². The summed E-state index contributed by atoms with van der Waals surface area (Å²) >= 11 is 1.22. The summed E-state index contributed by atoms with van der Waals surface area (Å²) in [6.07, 6.45) is 0.249. The fraction of sp³-hybridized carbons (Fsp3) is 0.583. The van der Waals surface area contributed by atoms with Crippen LogP contribution in [0.5, 0.6) is 0 Å². The van der Waals surface area contributed by atoms with Gasteiger partial charge < -0.3 is 16.2 Å². The third kappa shape index (κ3) is 4.60. The smallest absolute Gasteiger partial charge is 0.355 e. The first kappa shape index (κ1) is 15.6. The highest BCUT2D eigenvalue weighted by atomic mass is 32.1. The van der Waals surface area contributed by atoms with Gasteiger partial charge in [-0.1, -0.05) is 13.8 Å². The Morgan fingerprint density at radius 3 is 2.58 bits per heavy atom. The van der Waals surface area contributed by atoms with Crippen LogP contribution in [-0.4, -0.2) is 28.0 Å². The van der Waals surface area contributed by atoms with Crippen LogP contribution in [0, 0.1) is 5.92 Å². The molecular weight excluding hydrogens is 266 g/mol. The van der Waals surface area contributed by atoms with Gasteiger partial charge in [-0.2, -0.15) is 0 Å². The molecule has 0 spiro atoms. The third-order valence-electron chi connectivity index (χ3n) is 2.77. The normalized spacial score (nSPS) is 14.2. The highest BCUT2D eigenvalue weighted by Crippen LogP contribution is 2.18. The van der Waals surface area contributed by atoms with E-state index in [4.69, 9.17) is 10.8 Å². The number of amides is 1. The van der Waals surface area contributed by atoms with Crippen LogP contribution in [0.2, 0.25) is 0 Å². The quantitative estimate of drug-likeness (QED) is 0.732. The average Bonchev–Trinajstić information content (AvgIpc) is 2.77. The number of nitrogens with two attached hydrogens (primary N) is 1. The van der Waals surface area contributed by atoms with Crippen molar-refractivity contribution in [3.05, 3.63) is 16.1 Å². The summed E-state index contributed by atoms with van der Waals surface area (Å²) in [6.45, 7) is 5.69. The number of thiazole rings is 1. The van der Waals surface area contributed by atoms with Crippen molar-refractivity contribution in [2.75, 3.05) is 0 Å². The molecule has 106 valence electrons. The van der Waals surface area contributed by atoms with Crippen LogP contribution in [0.4, 0.5) is 0 Å². The topological polar surface area (TPSA) is 105 Å². The number of nitrogens with one attached hydrogen (secondary N) is 1. The molecule has 4 N–H and O–H groups in total. The van der Waals surface area contributed by atoms with Gasteiger partial charge in [-0.15, -0.1) is 11.3 Å². The number of nitrogens with zero attached hydrogens (tertiary/aromatic N) is 1. The molecule has 7 heteroatoms. The Labute approximate surface area is 116 Å². The van der Waals surface area contributed by atoms with Crippen molar-refractivity contribution in [3.63, 3.8) is 0 Å². The molecule has 0 aromatic carbocycles. The lowest BCUT2D eigenvalue weighted by Crippen LogP contribution is -2.35. The Morgan fingerprint density at radius 1 is 1.47 bits per heavy atom. The van der Waals surface area contributed by atoms with Crippen molar-refractivity contribution in [1.29, 1.82) is 0 Å². The molecule has 0 aliphatic heterocycles. The minimum Gasteiger partial charge on any atom is -0.476 e. The van der Waals surface area contributed by atoms with Gasteiger partial charge in [0.25, 0.3) is 0 Å². The SMILES string of the molecule is CC(NC(=O)CC(N)C(C)C)c1nc(C(=O)O)cs1. The number of carboxylic acids is 1. The van der Waals surface area contributed by atoms with E-state index in [1.54, 1.807) is 6.92 Å². The zero-order valence-corrected chi connectivity index (χ0v) is 12.0. The van der Waals surface area contributed by atoms with Crippen LogP contribution in [0.25, 0.3) is 0 Å². The minimum absolute atomic E-state index is 0.0000178. The molecule has 1 aromatic heterocycles. The van der Waals surface area contributed by atoms with E-state index in [9.17, 15) is 9.59 Å². The zero-order valence-electron chi connectivity index (χ0n) is 11.2. The molecule has 0 fully saturated rings. The number of hydrogen-bond acceptors (Lipinski definition) is 5. The molecule has 2 atom stereocenters. The van der Waals surface area contributed by atoms with E-state index in [1.807, 2.05) is 13.8 Å². The number of rotatable bonds is 6. The minimum atomic E-state index is -1.07. The third-order valence-corrected chi connectivity index (χ3v) is 3.79. The maximum absolute atomic E-state index is 11.8. The van der Waals surface area contributed by atoms with Crippen molar-refractivity contribution < 1.29 is 14.7 Å². The molecule has 1 aromatic rings. The van der Waals surface area contributed by atoms with E-state index in [0.29, 0.717) is 5.01 Å². The second kappa shape index (κ2) is 6.63. The average molecular weight is 285 g/mol. The highest BCUT2D eigenvalue weighted by Gasteiger charge is 2.18. The summed E-state index contributed by atoms with van der Waals surface area (Å²) in [5.74, 6) is -0.983. The molecule has 0 bridgehead atoms. The van der Waals surface area contributed by atoms with Gasteiger partial charge in [-0.25, -0.2) is 9.78 Å². The predicted molar refractivity (Wildman–Crippen MR) is 73.1 cm³/mol. The number of hydrogen-bond donors (Lipinski definition) is 3. The van der Waals surface area contributed by atoms with Gasteiger partial charge >= 0.3 is 5.97 Å². The van der Waals surface area contributed by atoms with Crippen molar-refractivity contribution >= 4 is 23.2 Å². The fourth-order valence-corrected chi connectivity index (χ4v) is 2.20. The molecule has 0 radical (unpaired) electrons. The summed E-state index contributed by atoms with van der Waals surface area (Å²) in [6, 6.07) is -0.497. The molecule has 0 aliphatic carbocycles. The Bertz CT molecular complexity index is 459. The molecule has 0 aliphatic rings. The van der Waals surface area contributed by atoms with Crippen LogP contribution < -0.4 is 11.1 Å². The Kier molecular flexibility index (Phi) is 5.44. The molecule has 0 saturated carbocycles. The van der Waals surface area contributed by atoms with Gasteiger partial charge in [0.05, 0.1) is 6.04 Å². The molecule has 1 rings (SSSR count). The summed E-state index contributed by atoms with van der Waals surface area (Å²) < 4.78 is 0. The number of carboxylic acid groups (broad SMARTS) is 1. The van der Waals surface area contributed by atoms with Gasteiger partial charge in [0.1, 0.15) is 5.01 Å². The monoisotopic (exact) mass is 285 g/mol. The van der Waals surface area contributed by atoms with Crippen molar-refractivity contribution in [2.24, 2.45) is 11.7 Å². The lowest BCUT2D eigenvalue weighted by molar-refractivity contribution is -0.122. The van der Waals surface area contributed by atoms with Crippen LogP contribution in [0.15, 0.2) is 5.38 Å². The number of carbonyl (C=O) groups is 2. The van der Waals surface area contributed by atoms with E-state index < -0.39 is 5.97 Å². The summed E-state index contributed by atoms with van der Waals surface area (Å²) in [5, 5.41) is 13.6. The van der Waals surface area contributed by atoms with Gasteiger partial charge in [-0.05, 0) is 12.8 Å². The standard InChI is InChI=1S/C12H19N3O3S/c1-6(2)8(13)4-10(16)14-7(3)11-15-9(5-19-11)12(17)18/h5-8H,4,13H2,1-3H3,(H,14,16)(H,17,18). The van der Waals surface area contributed by atoms with Gasteiger partial charge in [-0.3, -0.25) is 4.79 Å². The Morgan fingerprint density at radius 2 is 2.11 bits per heavy atom. The van der Waals surface area contributed by atoms with Crippen molar-refractivity contribution in [1.82, 2.24) is 10.3 Å². The van der Waals surface area contributed by atoms with Gasteiger partial charge in [0, 0.05) is 17.8 Å². The molecular formula is C12H19N3O3S. The summed E-state index contributed by atoms with van der Waals surface area (Å²) in [5.41, 5.74) is 5.82. The number of aromatic carboxylic acids is 1. The highest BCUT2D eigenvalue weighted by molar-refractivity contribution is 7.09. The second-order valence-corrected chi connectivity index (χ2v) is 5.67. The molecule has 2 unspecified atom stereocenters. The first-order valence-corrected chi connectivity index (χ1v) is 6.93. The second-order valence-electron chi connectivity index (χ2n) is 4.78. The van der Waals surface area contributed by atoms with Crippen LogP contribution in [-0.2, 0) is 4.79 Å². The van der Waals surface area contributed by atoms with Crippen molar-refractivity contribution in [2.45, 2.75) is 39.3 Å². The van der Waals surface area contributed by atoms with E-state index in [-0.39, 0.29) is 36.0 Å². The predicted octanol–water partition coefficient (Wildman–Crippen LogP) is 1.39. The zero-order chi connectivity index (χ0) is 14.6.